The molecule has 134 valence electrons. The molecule has 1 aliphatic heterocycles. The third-order valence-corrected chi connectivity index (χ3v) is 5.28. The predicted octanol–water partition coefficient (Wildman–Crippen LogP) is 3.83. The highest BCUT2D eigenvalue weighted by Gasteiger charge is 2.27. The molecule has 1 atom stereocenters. The van der Waals surface area contributed by atoms with Crippen LogP contribution in [0.2, 0.25) is 0 Å². The van der Waals surface area contributed by atoms with Gasteiger partial charge in [-0.1, -0.05) is 54.6 Å². The maximum Gasteiger partial charge on any atom is 0.294 e. The predicted molar refractivity (Wildman–Crippen MR) is 108 cm³/mol. The zero-order chi connectivity index (χ0) is 17.8. The maximum atomic E-state index is 5.80. The molecule has 0 radical (unpaired) electrons. The minimum atomic E-state index is 0.160. The van der Waals surface area contributed by atoms with Gasteiger partial charge in [0.25, 0.3) is 6.02 Å². The van der Waals surface area contributed by atoms with Gasteiger partial charge < -0.3 is 10.1 Å². The number of hydrogen-bond donors (Lipinski definition) is 1. The van der Waals surface area contributed by atoms with Crippen molar-refractivity contribution in [2.45, 2.75) is 31.8 Å². The Morgan fingerprint density at radius 3 is 2.85 bits per heavy atom. The van der Waals surface area contributed by atoms with Crippen molar-refractivity contribution >= 4 is 23.4 Å². The lowest BCUT2D eigenvalue weighted by Gasteiger charge is -2.24. The van der Waals surface area contributed by atoms with E-state index in [9.17, 15) is 0 Å². The summed E-state index contributed by atoms with van der Waals surface area (Å²) in [6.07, 6.45) is 3.36. The largest absolute Gasteiger partial charge is 0.463 e. The fraction of sp³-hybridized carbons (Fsp3) is 0.333. The lowest BCUT2D eigenvalue weighted by Crippen LogP contribution is -2.40. The molecule has 1 aliphatic carbocycles. The van der Waals surface area contributed by atoms with Crippen molar-refractivity contribution in [1.82, 2.24) is 10.2 Å². The number of aliphatic imine (C=N–C) groups is 1. The van der Waals surface area contributed by atoms with Gasteiger partial charge in [-0.15, -0.1) is 0 Å². The van der Waals surface area contributed by atoms with Gasteiger partial charge in [-0.05, 0) is 48.2 Å². The normalized spacial score (nSPS) is 20.5. The molecule has 2 aliphatic rings. The maximum absolute atomic E-state index is 5.80. The van der Waals surface area contributed by atoms with E-state index in [2.05, 4.69) is 41.7 Å². The first-order valence-electron chi connectivity index (χ1n) is 9.19. The van der Waals surface area contributed by atoms with E-state index in [1.165, 1.54) is 16.7 Å². The number of thiocarbonyl (C=S) groups is 1. The third kappa shape index (κ3) is 3.73. The zero-order valence-electron chi connectivity index (χ0n) is 14.7. The molecule has 1 saturated heterocycles. The molecule has 0 amide bonds. The average molecular weight is 366 g/mol. The first-order valence-corrected chi connectivity index (χ1v) is 9.60. The Bertz CT molecular complexity index is 806. The van der Waals surface area contributed by atoms with Crippen LogP contribution in [0.5, 0.6) is 0 Å². The van der Waals surface area contributed by atoms with E-state index < -0.39 is 0 Å². The average Bonchev–Trinajstić information content (AvgIpc) is 3.15. The molecule has 2 aromatic carbocycles. The summed E-state index contributed by atoms with van der Waals surface area (Å²) < 4.78 is 5.80. The fourth-order valence-electron chi connectivity index (χ4n) is 3.56. The summed E-state index contributed by atoms with van der Waals surface area (Å²) in [5, 5.41) is 4.00. The minimum Gasteiger partial charge on any atom is -0.463 e. The minimum absolute atomic E-state index is 0.160. The molecule has 4 nitrogen and oxygen atoms in total. The highest BCUT2D eigenvalue weighted by Crippen LogP contribution is 2.33. The van der Waals surface area contributed by atoms with Crippen LogP contribution in [-0.4, -0.2) is 29.2 Å². The summed E-state index contributed by atoms with van der Waals surface area (Å²) in [5.74, 6) is 0. The molecular weight excluding hydrogens is 342 g/mol. The van der Waals surface area contributed by atoms with Crippen LogP contribution in [0.15, 0.2) is 59.6 Å². The number of benzene rings is 2. The highest BCUT2D eigenvalue weighted by molar-refractivity contribution is 7.80. The van der Waals surface area contributed by atoms with E-state index >= 15 is 0 Å². The van der Waals surface area contributed by atoms with E-state index in [-0.39, 0.29) is 6.04 Å². The molecule has 0 bridgehead atoms. The van der Waals surface area contributed by atoms with Crippen LogP contribution in [0.25, 0.3) is 0 Å². The number of ether oxygens (including phenoxy) is 1. The molecule has 1 fully saturated rings. The van der Waals surface area contributed by atoms with Crippen molar-refractivity contribution in [3.05, 3.63) is 71.3 Å². The summed E-state index contributed by atoms with van der Waals surface area (Å²) in [6, 6.07) is 19.7. The summed E-state index contributed by atoms with van der Waals surface area (Å²) in [5.41, 5.74) is 3.93. The Kier molecular flexibility index (Phi) is 5.16. The SMILES string of the molecule is S=C(NCc1ccccc1)N1CCOC1=N[C@H]1CCCc2ccccc21. The van der Waals surface area contributed by atoms with E-state index in [4.69, 9.17) is 21.9 Å². The molecule has 26 heavy (non-hydrogen) atoms. The molecular formula is C21H23N3OS. The summed E-state index contributed by atoms with van der Waals surface area (Å²) in [4.78, 5) is 6.91. The first kappa shape index (κ1) is 17.0. The number of rotatable bonds is 3. The lowest BCUT2D eigenvalue weighted by molar-refractivity contribution is 0.347. The van der Waals surface area contributed by atoms with Gasteiger partial charge in [0.05, 0.1) is 12.6 Å². The van der Waals surface area contributed by atoms with E-state index in [0.717, 1.165) is 25.8 Å². The molecule has 1 N–H and O–H groups in total. The van der Waals surface area contributed by atoms with Crippen molar-refractivity contribution in [2.75, 3.05) is 13.2 Å². The van der Waals surface area contributed by atoms with Crippen LogP contribution in [0.4, 0.5) is 0 Å². The second-order valence-electron chi connectivity index (χ2n) is 6.66. The van der Waals surface area contributed by atoms with Crippen molar-refractivity contribution in [3.63, 3.8) is 0 Å². The van der Waals surface area contributed by atoms with Crippen molar-refractivity contribution in [2.24, 2.45) is 4.99 Å². The first-order chi connectivity index (χ1) is 12.8. The quantitative estimate of drug-likeness (QED) is 0.839. The Morgan fingerprint density at radius 1 is 1.15 bits per heavy atom. The summed E-state index contributed by atoms with van der Waals surface area (Å²) in [7, 11) is 0. The molecule has 1 heterocycles. The van der Waals surface area contributed by atoms with E-state index in [1.54, 1.807) is 0 Å². The Balaban J connectivity index is 1.46. The van der Waals surface area contributed by atoms with Crippen LogP contribution in [0, 0.1) is 0 Å². The third-order valence-electron chi connectivity index (χ3n) is 4.91. The molecule has 4 rings (SSSR count). The van der Waals surface area contributed by atoms with Crippen LogP contribution >= 0.6 is 12.2 Å². The Labute approximate surface area is 159 Å². The smallest absolute Gasteiger partial charge is 0.294 e. The highest BCUT2D eigenvalue weighted by atomic mass is 32.1. The van der Waals surface area contributed by atoms with E-state index in [1.807, 2.05) is 23.1 Å². The van der Waals surface area contributed by atoms with Crippen molar-refractivity contribution in [1.29, 1.82) is 0 Å². The van der Waals surface area contributed by atoms with Crippen LogP contribution in [-0.2, 0) is 17.7 Å². The van der Waals surface area contributed by atoms with Gasteiger partial charge in [0.15, 0.2) is 5.11 Å². The fourth-order valence-corrected chi connectivity index (χ4v) is 3.80. The Morgan fingerprint density at radius 2 is 1.96 bits per heavy atom. The number of amidine groups is 1. The van der Waals surface area contributed by atoms with Crippen molar-refractivity contribution < 1.29 is 4.74 Å². The Hall–Kier alpha value is -2.40. The monoisotopic (exact) mass is 365 g/mol. The zero-order valence-corrected chi connectivity index (χ0v) is 15.5. The van der Waals surface area contributed by atoms with Crippen LogP contribution in [0.3, 0.4) is 0 Å². The topological polar surface area (TPSA) is 36.9 Å². The second-order valence-corrected chi connectivity index (χ2v) is 7.05. The van der Waals surface area contributed by atoms with Crippen molar-refractivity contribution in [3.8, 4) is 0 Å². The van der Waals surface area contributed by atoms with Gasteiger partial charge in [-0.3, -0.25) is 4.90 Å². The van der Waals surface area contributed by atoms with Gasteiger partial charge in [0.1, 0.15) is 6.61 Å². The molecule has 0 aromatic heterocycles. The number of fused-ring (bicyclic) bond motifs is 1. The number of nitrogens with one attached hydrogen (secondary N) is 1. The van der Waals surface area contributed by atoms with Gasteiger partial charge in [0, 0.05) is 6.54 Å². The molecule has 0 saturated carbocycles. The van der Waals surface area contributed by atoms with Gasteiger partial charge in [0.2, 0.25) is 0 Å². The van der Waals surface area contributed by atoms with Gasteiger partial charge >= 0.3 is 0 Å². The summed E-state index contributed by atoms with van der Waals surface area (Å²) >= 11 is 5.59. The van der Waals surface area contributed by atoms with E-state index in [0.29, 0.717) is 24.3 Å². The lowest BCUT2D eigenvalue weighted by atomic mass is 9.88. The van der Waals surface area contributed by atoms with Gasteiger partial charge in [-0.2, -0.15) is 0 Å². The molecule has 2 aromatic rings. The molecule has 5 heteroatoms. The number of nitrogens with zero attached hydrogens (tertiary/aromatic N) is 2. The molecule has 0 spiro atoms. The van der Waals surface area contributed by atoms with Crippen LogP contribution < -0.4 is 5.32 Å². The second kappa shape index (κ2) is 7.87. The van der Waals surface area contributed by atoms with Crippen LogP contribution in [0.1, 0.15) is 35.6 Å². The molecule has 0 unspecified atom stereocenters. The number of aryl methyl sites for hydroxylation is 1. The summed E-state index contributed by atoms with van der Waals surface area (Å²) in [6.45, 7) is 2.07. The van der Waals surface area contributed by atoms with Gasteiger partial charge in [-0.25, -0.2) is 4.99 Å². The standard InChI is InChI=1S/C21H23N3OS/c26-21(22-15-16-7-2-1-3-8-16)24-13-14-25-20(24)23-19-12-6-10-17-9-4-5-11-18(17)19/h1-5,7-9,11,19H,6,10,12-15H2,(H,22,26)/t19-/m0/s1. The number of hydrogen-bond acceptors (Lipinski definition) is 3.